The third kappa shape index (κ3) is 6.47. The Bertz CT molecular complexity index is 1150. The molecule has 0 atom stereocenters. The predicted molar refractivity (Wildman–Crippen MR) is 126 cm³/mol. The fourth-order valence-corrected chi connectivity index (χ4v) is 2.98. The molecule has 0 fully saturated rings. The average molecular weight is 468 g/mol. The van der Waals surface area contributed by atoms with Crippen LogP contribution in [-0.4, -0.2) is 32.2 Å². The second-order valence-corrected chi connectivity index (χ2v) is 7.05. The van der Waals surface area contributed by atoms with E-state index in [0.29, 0.717) is 33.5 Å². The number of amides is 2. The Morgan fingerprint density at radius 1 is 0.939 bits per heavy atom. The van der Waals surface area contributed by atoms with Crippen LogP contribution in [0.5, 0.6) is 17.2 Å². The Morgan fingerprint density at radius 2 is 1.70 bits per heavy atom. The van der Waals surface area contributed by atoms with Crippen LogP contribution < -0.4 is 25.0 Å². The van der Waals surface area contributed by atoms with Crippen molar-refractivity contribution < 1.29 is 23.8 Å². The van der Waals surface area contributed by atoms with E-state index in [1.165, 1.54) is 20.4 Å². The molecule has 0 bridgehead atoms. The van der Waals surface area contributed by atoms with Crippen LogP contribution in [0.1, 0.15) is 11.1 Å². The number of nitrogens with one attached hydrogen (secondary N) is 2. The standard InChI is InChI=1S/C24H22ClN3O5/c1-31-19-12-10-18(11-13-19)27-23(29)24(30)28-26-14-16-7-5-9-21(32-2)22(16)33-15-17-6-3-4-8-20(17)25/h3-14H,15H2,1-2H3,(H,27,29)(H,28,30)/b26-14-. The summed E-state index contributed by atoms with van der Waals surface area (Å²) in [5.74, 6) is -0.260. The number of para-hydroxylation sites is 1. The molecule has 0 aromatic heterocycles. The minimum Gasteiger partial charge on any atom is -0.497 e. The highest BCUT2D eigenvalue weighted by Crippen LogP contribution is 2.31. The Labute approximate surface area is 196 Å². The summed E-state index contributed by atoms with van der Waals surface area (Å²) in [6.45, 7) is 0.206. The van der Waals surface area contributed by atoms with E-state index in [4.69, 9.17) is 25.8 Å². The van der Waals surface area contributed by atoms with Crippen molar-refractivity contribution in [1.82, 2.24) is 5.43 Å². The maximum Gasteiger partial charge on any atom is 0.329 e. The van der Waals surface area contributed by atoms with Gasteiger partial charge in [-0.2, -0.15) is 5.10 Å². The number of halogens is 1. The molecular weight excluding hydrogens is 446 g/mol. The SMILES string of the molecule is COc1ccc(NC(=O)C(=O)N/N=C\c2cccc(OC)c2OCc2ccccc2Cl)cc1. The maximum atomic E-state index is 12.1. The molecule has 3 rings (SSSR count). The molecule has 0 aliphatic heterocycles. The second kappa shape index (κ2) is 11.5. The van der Waals surface area contributed by atoms with Gasteiger partial charge >= 0.3 is 11.8 Å². The van der Waals surface area contributed by atoms with E-state index in [9.17, 15) is 9.59 Å². The van der Waals surface area contributed by atoms with Gasteiger partial charge in [0, 0.05) is 21.8 Å². The largest absolute Gasteiger partial charge is 0.497 e. The average Bonchev–Trinajstić information content (AvgIpc) is 2.84. The molecule has 0 spiro atoms. The van der Waals surface area contributed by atoms with E-state index in [1.807, 2.05) is 18.2 Å². The summed E-state index contributed by atoms with van der Waals surface area (Å²) >= 11 is 6.20. The van der Waals surface area contributed by atoms with Crippen molar-refractivity contribution in [3.63, 3.8) is 0 Å². The summed E-state index contributed by atoms with van der Waals surface area (Å²) in [6, 6.07) is 19.1. The molecule has 2 N–H and O–H groups in total. The van der Waals surface area contributed by atoms with Crippen LogP contribution in [0.4, 0.5) is 5.69 Å². The summed E-state index contributed by atoms with van der Waals surface area (Å²) in [4.78, 5) is 24.2. The molecular formula is C24H22ClN3O5. The van der Waals surface area contributed by atoms with Gasteiger partial charge in [0.05, 0.1) is 20.4 Å². The molecule has 2 amide bonds. The van der Waals surface area contributed by atoms with Crippen LogP contribution >= 0.6 is 11.6 Å². The van der Waals surface area contributed by atoms with Crippen molar-refractivity contribution >= 4 is 35.3 Å². The van der Waals surface area contributed by atoms with E-state index in [-0.39, 0.29) is 6.61 Å². The van der Waals surface area contributed by atoms with Gasteiger partial charge in [0.2, 0.25) is 0 Å². The summed E-state index contributed by atoms with van der Waals surface area (Å²) in [5.41, 5.74) is 3.99. The second-order valence-electron chi connectivity index (χ2n) is 6.64. The highest BCUT2D eigenvalue weighted by Gasteiger charge is 2.14. The van der Waals surface area contributed by atoms with E-state index in [0.717, 1.165) is 5.56 Å². The van der Waals surface area contributed by atoms with E-state index < -0.39 is 11.8 Å². The molecule has 0 saturated carbocycles. The third-order valence-electron chi connectivity index (χ3n) is 4.48. The first-order valence-electron chi connectivity index (χ1n) is 9.83. The van der Waals surface area contributed by atoms with Gasteiger partial charge in [-0.3, -0.25) is 9.59 Å². The zero-order valence-corrected chi connectivity index (χ0v) is 18.8. The van der Waals surface area contributed by atoms with Crippen molar-refractivity contribution in [2.45, 2.75) is 6.61 Å². The fourth-order valence-electron chi connectivity index (χ4n) is 2.79. The number of anilines is 1. The Balaban J connectivity index is 1.65. The first-order chi connectivity index (χ1) is 16.0. The Morgan fingerprint density at radius 3 is 2.39 bits per heavy atom. The Hall–Kier alpha value is -4.04. The molecule has 33 heavy (non-hydrogen) atoms. The number of hydrazone groups is 1. The summed E-state index contributed by atoms with van der Waals surface area (Å²) in [5, 5.41) is 6.93. The van der Waals surface area contributed by atoms with Gasteiger partial charge < -0.3 is 19.5 Å². The topological polar surface area (TPSA) is 98.2 Å². The molecule has 0 aliphatic rings. The smallest absolute Gasteiger partial charge is 0.329 e. The fraction of sp³-hybridized carbons (Fsp3) is 0.125. The highest BCUT2D eigenvalue weighted by atomic mass is 35.5. The lowest BCUT2D eigenvalue weighted by atomic mass is 10.2. The van der Waals surface area contributed by atoms with E-state index >= 15 is 0 Å². The molecule has 170 valence electrons. The minimum atomic E-state index is -0.927. The van der Waals surface area contributed by atoms with Crippen molar-refractivity contribution in [1.29, 1.82) is 0 Å². The molecule has 0 saturated heterocycles. The van der Waals surface area contributed by atoms with Gasteiger partial charge in [-0.1, -0.05) is 35.9 Å². The van der Waals surface area contributed by atoms with Crippen molar-refractivity contribution in [2.24, 2.45) is 5.10 Å². The van der Waals surface area contributed by atoms with Crippen LogP contribution in [0.3, 0.4) is 0 Å². The molecule has 9 heteroatoms. The van der Waals surface area contributed by atoms with Gasteiger partial charge in [0.15, 0.2) is 11.5 Å². The van der Waals surface area contributed by atoms with Gasteiger partial charge in [0.1, 0.15) is 12.4 Å². The number of ether oxygens (including phenoxy) is 3. The lowest BCUT2D eigenvalue weighted by Crippen LogP contribution is -2.32. The van der Waals surface area contributed by atoms with E-state index in [2.05, 4.69) is 15.8 Å². The number of carbonyl (C=O) groups is 2. The van der Waals surface area contributed by atoms with Gasteiger partial charge in [-0.15, -0.1) is 0 Å². The molecule has 3 aromatic carbocycles. The highest BCUT2D eigenvalue weighted by molar-refractivity contribution is 6.39. The molecule has 0 unspecified atom stereocenters. The Kier molecular flexibility index (Phi) is 8.26. The minimum absolute atomic E-state index is 0.206. The normalized spacial score (nSPS) is 10.5. The number of rotatable bonds is 8. The molecule has 0 aliphatic carbocycles. The monoisotopic (exact) mass is 467 g/mol. The van der Waals surface area contributed by atoms with Crippen molar-refractivity contribution in [3.05, 3.63) is 82.9 Å². The number of hydrogen-bond donors (Lipinski definition) is 2. The summed E-state index contributed by atoms with van der Waals surface area (Å²) in [7, 11) is 3.05. The zero-order valence-electron chi connectivity index (χ0n) is 18.0. The number of carbonyl (C=O) groups excluding carboxylic acids is 2. The van der Waals surface area contributed by atoms with E-state index in [1.54, 1.807) is 48.5 Å². The van der Waals surface area contributed by atoms with Gasteiger partial charge in [-0.05, 0) is 42.5 Å². The van der Waals surface area contributed by atoms with Crippen LogP contribution in [0, 0.1) is 0 Å². The summed E-state index contributed by atoms with van der Waals surface area (Å²) in [6.07, 6.45) is 1.36. The molecule has 3 aromatic rings. The number of benzene rings is 3. The van der Waals surface area contributed by atoms with Crippen LogP contribution in [0.2, 0.25) is 5.02 Å². The summed E-state index contributed by atoms with van der Waals surface area (Å²) < 4.78 is 16.4. The van der Waals surface area contributed by atoms with Crippen LogP contribution in [0.15, 0.2) is 71.8 Å². The van der Waals surface area contributed by atoms with Crippen molar-refractivity contribution in [2.75, 3.05) is 19.5 Å². The van der Waals surface area contributed by atoms with Crippen molar-refractivity contribution in [3.8, 4) is 17.2 Å². The first kappa shape index (κ1) is 23.6. The maximum absolute atomic E-state index is 12.1. The van der Waals surface area contributed by atoms with Gasteiger partial charge in [-0.25, -0.2) is 5.43 Å². The van der Waals surface area contributed by atoms with Crippen LogP contribution in [-0.2, 0) is 16.2 Å². The zero-order chi connectivity index (χ0) is 23.6. The number of nitrogens with zero attached hydrogens (tertiary/aromatic N) is 1. The van der Waals surface area contributed by atoms with Gasteiger partial charge in [0.25, 0.3) is 0 Å². The lowest BCUT2D eigenvalue weighted by molar-refractivity contribution is -0.136. The van der Waals surface area contributed by atoms with Crippen LogP contribution in [0.25, 0.3) is 0 Å². The molecule has 0 radical (unpaired) electrons. The first-order valence-corrected chi connectivity index (χ1v) is 10.2. The molecule has 0 heterocycles. The third-order valence-corrected chi connectivity index (χ3v) is 4.85. The molecule has 8 nitrogen and oxygen atoms in total. The quantitative estimate of drug-likeness (QED) is 0.296. The number of methoxy groups -OCH3 is 2. The number of hydrogen-bond acceptors (Lipinski definition) is 6. The lowest BCUT2D eigenvalue weighted by Gasteiger charge is -2.13. The predicted octanol–water partition coefficient (Wildman–Crippen LogP) is 4.03.